The fraction of sp³-hybridized carbons (Fsp3) is 0.0714. The van der Waals surface area contributed by atoms with Gasteiger partial charge in [-0.3, -0.25) is 9.98 Å². The van der Waals surface area contributed by atoms with Gasteiger partial charge in [-0.15, -0.1) is 0 Å². The molecule has 1 N–H and O–H groups in total. The van der Waals surface area contributed by atoms with Gasteiger partial charge in [0.05, 0.1) is 12.1 Å². The molecule has 0 aliphatic rings. The van der Waals surface area contributed by atoms with E-state index >= 15 is 0 Å². The second-order valence-corrected chi connectivity index (χ2v) is 3.71. The molecule has 2 rings (SSSR count). The number of nitrogens with zero attached hydrogens (tertiary/aromatic N) is 2. The van der Waals surface area contributed by atoms with Gasteiger partial charge in [0.2, 0.25) is 0 Å². The topological polar surface area (TPSA) is 62.5 Å². The predicted molar refractivity (Wildman–Crippen MR) is 68.9 cm³/mol. The Bertz CT molecular complexity index is 565. The van der Waals surface area contributed by atoms with Crippen LogP contribution >= 0.6 is 0 Å². The van der Waals surface area contributed by atoms with Gasteiger partial charge in [-0.2, -0.15) is 0 Å². The second kappa shape index (κ2) is 5.72. The van der Waals surface area contributed by atoms with Gasteiger partial charge in [0.25, 0.3) is 0 Å². The third kappa shape index (κ3) is 3.01. The summed E-state index contributed by atoms with van der Waals surface area (Å²) in [5.74, 6) is -0.926. The SMILES string of the molecule is O=C(O)c1ccccc1CN=Cc1ccncc1. The lowest BCUT2D eigenvalue weighted by atomic mass is 10.1. The lowest BCUT2D eigenvalue weighted by Crippen LogP contribution is -2.01. The number of aliphatic imine (C=N–C) groups is 1. The minimum Gasteiger partial charge on any atom is -0.478 e. The van der Waals surface area contributed by atoms with Crippen molar-refractivity contribution in [2.75, 3.05) is 0 Å². The largest absolute Gasteiger partial charge is 0.478 e. The van der Waals surface area contributed by atoms with E-state index in [1.165, 1.54) is 0 Å². The minimum absolute atomic E-state index is 0.296. The molecule has 0 aliphatic carbocycles. The van der Waals surface area contributed by atoms with E-state index in [1.54, 1.807) is 36.8 Å². The summed E-state index contributed by atoms with van der Waals surface area (Å²) >= 11 is 0. The Balaban J connectivity index is 2.11. The first kappa shape index (κ1) is 12.0. The average molecular weight is 240 g/mol. The molecule has 0 atom stereocenters. The summed E-state index contributed by atoms with van der Waals surface area (Å²) in [5.41, 5.74) is 1.94. The average Bonchev–Trinajstić information content (AvgIpc) is 2.40. The van der Waals surface area contributed by atoms with Crippen molar-refractivity contribution in [1.29, 1.82) is 0 Å². The van der Waals surface area contributed by atoms with Crippen LogP contribution in [0.3, 0.4) is 0 Å². The van der Waals surface area contributed by atoms with Crippen molar-refractivity contribution in [3.05, 3.63) is 65.5 Å². The van der Waals surface area contributed by atoms with Gasteiger partial charge in [0.1, 0.15) is 0 Å². The fourth-order valence-electron chi connectivity index (χ4n) is 1.57. The van der Waals surface area contributed by atoms with Gasteiger partial charge in [-0.1, -0.05) is 18.2 Å². The van der Waals surface area contributed by atoms with E-state index in [0.717, 1.165) is 5.56 Å². The van der Waals surface area contributed by atoms with Gasteiger partial charge in [0.15, 0.2) is 0 Å². The Morgan fingerprint density at radius 1 is 1.22 bits per heavy atom. The molecule has 1 aromatic heterocycles. The quantitative estimate of drug-likeness (QED) is 0.834. The van der Waals surface area contributed by atoms with E-state index in [-0.39, 0.29) is 0 Å². The maximum absolute atomic E-state index is 11.0. The van der Waals surface area contributed by atoms with E-state index in [9.17, 15) is 4.79 Å². The monoisotopic (exact) mass is 240 g/mol. The molecule has 0 saturated heterocycles. The molecule has 18 heavy (non-hydrogen) atoms. The van der Waals surface area contributed by atoms with Crippen LogP contribution < -0.4 is 0 Å². The van der Waals surface area contributed by atoms with Crippen LogP contribution in [0.1, 0.15) is 21.5 Å². The number of hydrogen-bond acceptors (Lipinski definition) is 3. The summed E-state index contributed by atoms with van der Waals surface area (Å²) in [6.45, 7) is 0.352. The molecule has 0 spiro atoms. The molecule has 0 unspecified atom stereocenters. The molecule has 0 radical (unpaired) electrons. The zero-order valence-corrected chi connectivity index (χ0v) is 9.65. The molecular formula is C14H12N2O2. The van der Waals surface area contributed by atoms with Crippen molar-refractivity contribution in [3.8, 4) is 0 Å². The van der Waals surface area contributed by atoms with Gasteiger partial charge in [0, 0.05) is 18.6 Å². The maximum atomic E-state index is 11.0. The summed E-state index contributed by atoms with van der Waals surface area (Å²) < 4.78 is 0. The van der Waals surface area contributed by atoms with E-state index < -0.39 is 5.97 Å². The Morgan fingerprint density at radius 2 is 1.94 bits per heavy atom. The van der Waals surface area contributed by atoms with Crippen molar-refractivity contribution in [2.45, 2.75) is 6.54 Å². The number of carbonyl (C=O) groups is 1. The first-order valence-corrected chi connectivity index (χ1v) is 5.48. The molecule has 4 heteroatoms. The highest BCUT2D eigenvalue weighted by atomic mass is 16.4. The number of pyridine rings is 1. The normalized spacial score (nSPS) is 10.7. The fourth-order valence-corrected chi connectivity index (χ4v) is 1.57. The maximum Gasteiger partial charge on any atom is 0.336 e. The predicted octanol–water partition coefficient (Wildman–Crippen LogP) is 2.40. The van der Waals surface area contributed by atoms with Crippen molar-refractivity contribution in [2.24, 2.45) is 4.99 Å². The zero-order chi connectivity index (χ0) is 12.8. The van der Waals surface area contributed by atoms with Crippen LogP contribution in [0, 0.1) is 0 Å². The number of benzene rings is 1. The zero-order valence-electron chi connectivity index (χ0n) is 9.65. The number of aromatic nitrogens is 1. The number of hydrogen-bond donors (Lipinski definition) is 1. The molecule has 0 aliphatic heterocycles. The van der Waals surface area contributed by atoms with E-state index in [4.69, 9.17) is 5.11 Å². The van der Waals surface area contributed by atoms with E-state index in [1.807, 2.05) is 18.2 Å². The van der Waals surface area contributed by atoms with Crippen LogP contribution in [-0.4, -0.2) is 22.3 Å². The number of rotatable bonds is 4. The molecule has 0 amide bonds. The summed E-state index contributed by atoms with van der Waals surface area (Å²) in [4.78, 5) is 19.1. The highest BCUT2D eigenvalue weighted by molar-refractivity contribution is 5.89. The minimum atomic E-state index is -0.926. The van der Waals surface area contributed by atoms with Crippen LogP contribution in [0.4, 0.5) is 0 Å². The number of carboxylic acid groups (broad SMARTS) is 1. The Hall–Kier alpha value is -2.49. The molecule has 1 heterocycles. The summed E-state index contributed by atoms with van der Waals surface area (Å²) in [6, 6.07) is 10.6. The lowest BCUT2D eigenvalue weighted by molar-refractivity contribution is 0.0695. The van der Waals surface area contributed by atoms with Crippen molar-refractivity contribution in [3.63, 3.8) is 0 Å². The van der Waals surface area contributed by atoms with Crippen LogP contribution in [0.25, 0.3) is 0 Å². The van der Waals surface area contributed by atoms with Crippen LogP contribution in [0.5, 0.6) is 0 Å². The molecule has 1 aromatic carbocycles. The highest BCUT2D eigenvalue weighted by Gasteiger charge is 2.07. The van der Waals surface area contributed by atoms with Crippen molar-refractivity contribution < 1.29 is 9.90 Å². The van der Waals surface area contributed by atoms with Crippen LogP contribution in [0.2, 0.25) is 0 Å². The van der Waals surface area contributed by atoms with Crippen LogP contribution in [0.15, 0.2) is 53.8 Å². The van der Waals surface area contributed by atoms with Crippen molar-refractivity contribution >= 4 is 12.2 Å². The highest BCUT2D eigenvalue weighted by Crippen LogP contribution is 2.10. The Kier molecular flexibility index (Phi) is 3.81. The third-order valence-electron chi connectivity index (χ3n) is 2.46. The molecule has 0 bridgehead atoms. The van der Waals surface area contributed by atoms with Gasteiger partial charge < -0.3 is 5.11 Å². The summed E-state index contributed by atoms with van der Waals surface area (Å²) in [7, 11) is 0. The van der Waals surface area contributed by atoms with Crippen molar-refractivity contribution in [1.82, 2.24) is 4.98 Å². The lowest BCUT2D eigenvalue weighted by Gasteiger charge is -2.01. The number of aromatic carboxylic acids is 1. The molecular weight excluding hydrogens is 228 g/mol. The first-order valence-electron chi connectivity index (χ1n) is 5.48. The smallest absolute Gasteiger partial charge is 0.336 e. The summed E-state index contributed by atoms with van der Waals surface area (Å²) in [5, 5.41) is 9.02. The first-order chi connectivity index (χ1) is 8.77. The van der Waals surface area contributed by atoms with Gasteiger partial charge in [-0.25, -0.2) is 4.79 Å². The molecule has 4 nitrogen and oxygen atoms in total. The second-order valence-electron chi connectivity index (χ2n) is 3.71. The van der Waals surface area contributed by atoms with E-state index in [2.05, 4.69) is 9.98 Å². The number of carboxylic acids is 1. The molecule has 2 aromatic rings. The third-order valence-corrected chi connectivity index (χ3v) is 2.46. The van der Waals surface area contributed by atoms with Gasteiger partial charge >= 0.3 is 5.97 Å². The molecule has 0 fully saturated rings. The molecule has 0 saturated carbocycles. The van der Waals surface area contributed by atoms with Crippen LogP contribution in [-0.2, 0) is 6.54 Å². The standard InChI is InChI=1S/C14H12N2O2/c17-14(18)13-4-2-1-3-12(13)10-16-9-11-5-7-15-8-6-11/h1-9H,10H2,(H,17,18). The van der Waals surface area contributed by atoms with E-state index in [0.29, 0.717) is 17.7 Å². The Morgan fingerprint density at radius 3 is 2.67 bits per heavy atom. The Labute approximate surface area is 105 Å². The summed E-state index contributed by atoms with van der Waals surface area (Å²) in [6.07, 6.45) is 5.08. The van der Waals surface area contributed by atoms with Gasteiger partial charge in [-0.05, 0) is 29.3 Å². The molecule has 90 valence electrons.